The van der Waals surface area contributed by atoms with Crippen LogP contribution >= 0.6 is 11.5 Å². The van der Waals surface area contributed by atoms with E-state index in [9.17, 15) is 8.78 Å². The van der Waals surface area contributed by atoms with Crippen molar-refractivity contribution in [3.63, 3.8) is 0 Å². The summed E-state index contributed by atoms with van der Waals surface area (Å²) in [6.07, 6.45) is 0.255. The van der Waals surface area contributed by atoms with Crippen LogP contribution in [-0.2, 0) is 10.2 Å². The fraction of sp³-hybridized carbons (Fsp3) is 0.500. The van der Waals surface area contributed by atoms with Crippen molar-refractivity contribution < 1.29 is 13.5 Å². The van der Waals surface area contributed by atoms with Crippen LogP contribution in [0.15, 0.2) is 18.3 Å². The molecule has 1 atom stereocenters. The normalized spacial score (nSPS) is 21.9. The van der Waals surface area contributed by atoms with Gasteiger partial charge in [0, 0.05) is 12.7 Å². The Balaban J connectivity index is 1.73. The quantitative estimate of drug-likeness (QED) is 0.736. The largest absolute Gasteiger partial charge is 0.377 e. The number of hydrogen-bond acceptors (Lipinski definition) is 6. The number of halogens is 2. The number of aromatic amines is 1. The van der Waals surface area contributed by atoms with Gasteiger partial charge in [-0.15, -0.1) is 0 Å². The number of hydrogen-bond donors (Lipinski definition) is 1. The molecule has 3 aromatic heterocycles. The van der Waals surface area contributed by atoms with Crippen LogP contribution in [0.2, 0.25) is 0 Å². The van der Waals surface area contributed by atoms with Gasteiger partial charge in [-0.1, -0.05) is 0 Å². The Morgan fingerprint density at radius 3 is 2.93 bits per heavy atom. The van der Waals surface area contributed by atoms with Gasteiger partial charge in [0.15, 0.2) is 0 Å². The first-order valence-corrected chi connectivity index (χ1v) is 9.81. The second-order valence-corrected chi connectivity index (χ2v) is 8.05. The average Bonchev–Trinajstić information content (AvgIpc) is 3.10. The van der Waals surface area contributed by atoms with E-state index in [2.05, 4.69) is 26.4 Å². The average molecular weight is 391 g/mol. The summed E-state index contributed by atoms with van der Waals surface area (Å²) in [5, 5.41) is 6.89. The Hall–Kier alpha value is -2.13. The van der Waals surface area contributed by atoms with E-state index in [1.165, 1.54) is 11.5 Å². The van der Waals surface area contributed by atoms with Crippen molar-refractivity contribution in [2.45, 2.75) is 37.6 Å². The number of aromatic nitrogens is 4. The van der Waals surface area contributed by atoms with Crippen LogP contribution in [0.4, 0.5) is 14.6 Å². The van der Waals surface area contributed by atoms with Gasteiger partial charge in [-0.2, -0.15) is 9.47 Å². The summed E-state index contributed by atoms with van der Waals surface area (Å²) in [6, 6.07) is 3.82. The number of rotatable bonds is 4. The molecule has 4 heterocycles. The van der Waals surface area contributed by atoms with Gasteiger partial charge >= 0.3 is 0 Å². The summed E-state index contributed by atoms with van der Waals surface area (Å²) >= 11 is 1.24. The zero-order chi connectivity index (χ0) is 18.6. The molecule has 3 aromatic rings. The van der Waals surface area contributed by atoms with E-state index in [0.29, 0.717) is 49.4 Å². The number of nitrogens with one attached hydrogen (secondary N) is 1. The highest BCUT2D eigenvalue weighted by atomic mass is 32.1. The minimum Gasteiger partial charge on any atom is -0.377 e. The molecule has 1 saturated heterocycles. The van der Waals surface area contributed by atoms with Crippen LogP contribution in [0.3, 0.4) is 0 Å². The van der Waals surface area contributed by atoms with Crippen LogP contribution in [0, 0.1) is 0 Å². The summed E-state index contributed by atoms with van der Waals surface area (Å²) in [6.45, 7) is 3.96. The van der Waals surface area contributed by atoms with Crippen molar-refractivity contribution in [1.82, 2.24) is 19.6 Å². The smallest absolute Gasteiger partial charge is 0.248 e. The zero-order valence-corrected chi connectivity index (χ0v) is 15.6. The lowest BCUT2D eigenvalue weighted by Crippen LogP contribution is -2.44. The Labute approximate surface area is 158 Å². The zero-order valence-electron chi connectivity index (χ0n) is 14.8. The van der Waals surface area contributed by atoms with E-state index in [1.807, 2.05) is 12.1 Å². The molecule has 0 amide bonds. The van der Waals surface area contributed by atoms with Crippen molar-refractivity contribution in [2.24, 2.45) is 0 Å². The third-order valence-corrected chi connectivity index (χ3v) is 6.44. The van der Waals surface area contributed by atoms with Gasteiger partial charge in [0.25, 0.3) is 0 Å². The first-order chi connectivity index (χ1) is 13.1. The van der Waals surface area contributed by atoms with Gasteiger partial charge in [0.05, 0.1) is 35.1 Å². The Morgan fingerprint density at radius 1 is 1.41 bits per heavy atom. The molecule has 2 fully saturated rings. The standard InChI is InChI=1S/C18H19F2N5OS/c1-10-9-26-7-6-25(10)13-8-11(18(3-4-18)17(19)20)16-15(22-13)14(24-27-16)12-2-5-21-23-12/h2,5,8,10,17H,3-4,6-7,9H2,1H3,(H,21,23)/t10-/m1/s1. The molecule has 2 aliphatic rings. The third kappa shape index (κ3) is 2.63. The summed E-state index contributed by atoms with van der Waals surface area (Å²) in [4.78, 5) is 6.99. The Bertz CT molecular complexity index is 970. The first-order valence-electron chi connectivity index (χ1n) is 9.03. The van der Waals surface area contributed by atoms with E-state index in [-0.39, 0.29) is 6.04 Å². The number of alkyl halides is 2. The Morgan fingerprint density at radius 2 is 2.26 bits per heavy atom. The number of ether oxygens (including phenoxy) is 1. The summed E-state index contributed by atoms with van der Waals surface area (Å²) < 4.78 is 38.7. The third-order valence-electron chi connectivity index (χ3n) is 5.57. The van der Waals surface area contributed by atoms with Crippen molar-refractivity contribution in [3.05, 3.63) is 23.9 Å². The van der Waals surface area contributed by atoms with Crippen LogP contribution in [0.5, 0.6) is 0 Å². The van der Waals surface area contributed by atoms with E-state index in [4.69, 9.17) is 9.72 Å². The maximum atomic E-state index is 13.9. The van der Waals surface area contributed by atoms with E-state index in [1.54, 1.807) is 6.20 Å². The fourth-order valence-electron chi connectivity index (χ4n) is 3.80. The summed E-state index contributed by atoms with van der Waals surface area (Å²) in [5.41, 5.74) is 1.70. The molecule has 0 spiro atoms. The van der Waals surface area contributed by atoms with E-state index in [0.717, 1.165) is 16.2 Å². The highest BCUT2D eigenvalue weighted by molar-refractivity contribution is 7.13. The first kappa shape index (κ1) is 17.0. The maximum absolute atomic E-state index is 13.9. The van der Waals surface area contributed by atoms with E-state index < -0.39 is 11.8 Å². The number of anilines is 1. The number of nitrogens with zero attached hydrogens (tertiary/aromatic N) is 4. The molecule has 6 nitrogen and oxygen atoms in total. The molecule has 0 unspecified atom stereocenters. The topological polar surface area (TPSA) is 66.9 Å². The van der Waals surface area contributed by atoms with Crippen LogP contribution < -0.4 is 4.90 Å². The maximum Gasteiger partial charge on any atom is 0.248 e. The highest BCUT2D eigenvalue weighted by Crippen LogP contribution is 2.56. The molecular weight excluding hydrogens is 372 g/mol. The SMILES string of the molecule is C[C@@H]1COCCN1c1cc(C2(C(F)F)CC2)c2snc(-c3ccn[nH]3)c2n1. The van der Waals surface area contributed by atoms with Gasteiger partial charge in [-0.3, -0.25) is 5.10 Å². The van der Waals surface area contributed by atoms with Crippen molar-refractivity contribution in [2.75, 3.05) is 24.7 Å². The van der Waals surface area contributed by atoms with Crippen molar-refractivity contribution in [1.29, 1.82) is 0 Å². The fourth-order valence-corrected chi connectivity index (χ4v) is 4.75. The van der Waals surface area contributed by atoms with Crippen molar-refractivity contribution in [3.8, 4) is 11.4 Å². The molecule has 142 valence electrons. The molecule has 0 aromatic carbocycles. The van der Waals surface area contributed by atoms with Gasteiger partial charge in [0.1, 0.15) is 17.0 Å². The highest BCUT2D eigenvalue weighted by Gasteiger charge is 2.54. The van der Waals surface area contributed by atoms with Gasteiger partial charge < -0.3 is 9.64 Å². The molecule has 27 heavy (non-hydrogen) atoms. The number of pyridine rings is 1. The van der Waals surface area contributed by atoms with Crippen LogP contribution in [-0.4, -0.2) is 51.8 Å². The lowest BCUT2D eigenvalue weighted by atomic mass is 9.96. The second kappa shape index (κ2) is 6.20. The Kier molecular flexibility index (Phi) is 3.90. The minimum atomic E-state index is -2.39. The minimum absolute atomic E-state index is 0.139. The number of H-pyrrole nitrogens is 1. The van der Waals surface area contributed by atoms with Crippen LogP contribution in [0.1, 0.15) is 25.3 Å². The molecule has 1 saturated carbocycles. The van der Waals surface area contributed by atoms with E-state index >= 15 is 0 Å². The van der Waals surface area contributed by atoms with Crippen LogP contribution in [0.25, 0.3) is 21.6 Å². The number of fused-ring (bicyclic) bond motifs is 1. The predicted molar refractivity (Wildman–Crippen MR) is 99.5 cm³/mol. The molecule has 0 bridgehead atoms. The molecule has 1 aliphatic heterocycles. The lowest BCUT2D eigenvalue weighted by molar-refractivity contribution is 0.0980. The van der Waals surface area contributed by atoms with Gasteiger partial charge in [-0.05, 0) is 49.0 Å². The molecule has 1 N–H and O–H groups in total. The molecule has 5 rings (SSSR count). The molecular formula is C18H19F2N5OS. The molecule has 1 aliphatic carbocycles. The second-order valence-electron chi connectivity index (χ2n) is 7.28. The molecule has 9 heteroatoms. The predicted octanol–water partition coefficient (Wildman–Crippen LogP) is 3.60. The van der Waals surface area contributed by atoms with Crippen molar-refractivity contribution >= 4 is 27.6 Å². The summed E-state index contributed by atoms with van der Waals surface area (Å²) in [7, 11) is 0. The van der Waals surface area contributed by atoms with Gasteiger partial charge in [0.2, 0.25) is 6.43 Å². The summed E-state index contributed by atoms with van der Waals surface area (Å²) in [5.74, 6) is 0.723. The molecule has 0 radical (unpaired) electrons. The monoisotopic (exact) mass is 391 g/mol. The number of morpholine rings is 1. The lowest BCUT2D eigenvalue weighted by Gasteiger charge is -2.34. The van der Waals surface area contributed by atoms with Gasteiger partial charge in [-0.25, -0.2) is 13.8 Å².